The van der Waals surface area contributed by atoms with Crippen molar-refractivity contribution in [2.75, 3.05) is 33.5 Å². The van der Waals surface area contributed by atoms with Crippen molar-refractivity contribution < 1.29 is 74.1 Å². The second-order valence-corrected chi connectivity index (χ2v) is 21.4. The SMILES string of the molecule is CCCCNC(=O)[C@]12CC[C@](C)(C(=O)OC)C[C@H]1C1=CC[C@@H]3[C@@]4(C)C[C@H](O)[C@H](O[C@@H]5OC[C@@H](O[C@@H]6O[C@H](CO)[C@@H](O)[C@H](O)[C@H]6O)[C@H](O)[C@H]5O)[C@@](C)(CO)[C@@H]4CC[C@@]3(C)[C@]1(C)CC2. The number of hydrogen-bond acceptors (Lipinski definition) is 15. The fraction of sp³-hybridized carbons (Fsp3) is 0.913. The van der Waals surface area contributed by atoms with Gasteiger partial charge in [0.25, 0.3) is 0 Å². The van der Waals surface area contributed by atoms with Gasteiger partial charge >= 0.3 is 5.97 Å². The summed E-state index contributed by atoms with van der Waals surface area (Å²) in [6, 6.07) is 0. The highest BCUT2D eigenvalue weighted by Crippen LogP contribution is 2.76. The molecule has 0 bridgehead atoms. The highest BCUT2D eigenvalue weighted by atomic mass is 16.7. The molecule has 2 aliphatic heterocycles. The van der Waals surface area contributed by atoms with Crippen LogP contribution in [0.5, 0.6) is 0 Å². The third-order valence-corrected chi connectivity index (χ3v) is 18.3. The van der Waals surface area contributed by atoms with Gasteiger partial charge in [0.2, 0.25) is 5.91 Å². The van der Waals surface area contributed by atoms with Gasteiger partial charge in [0.15, 0.2) is 12.6 Å². The molecule has 0 unspecified atom stereocenters. The van der Waals surface area contributed by atoms with E-state index in [9.17, 15) is 50.4 Å². The van der Waals surface area contributed by atoms with E-state index < -0.39 is 95.8 Å². The van der Waals surface area contributed by atoms with Crippen molar-refractivity contribution in [3.63, 3.8) is 0 Å². The summed E-state index contributed by atoms with van der Waals surface area (Å²) in [4.78, 5) is 27.7. The molecule has 7 rings (SSSR count). The zero-order chi connectivity index (χ0) is 45.4. The fourth-order valence-corrected chi connectivity index (χ4v) is 14.4. The van der Waals surface area contributed by atoms with E-state index in [1.165, 1.54) is 12.7 Å². The Balaban J connectivity index is 1.12. The Morgan fingerprint density at radius 3 is 2.19 bits per heavy atom. The number of aliphatic hydroxyl groups excluding tert-OH is 8. The monoisotopic (exact) mass is 882 g/mol. The molecule has 0 aromatic heterocycles. The van der Waals surface area contributed by atoms with Crippen LogP contribution < -0.4 is 5.32 Å². The van der Waals surface area contributed by atoms with Crippen LogP contribution in [0.25, 0.3) is 0 Å². The standard InChI is InChI=1S/C46H75NO15/c1-8-9-18-47-39(56)46-16-14-41(2,40(57)58-7)19-25(46)24-10-11-30-42(3)20-26(50)36(43(4,23-49)29(42)12-13-45(30,6)44(24,5)15-17-46)62-37-34(54)32(52)28(22-59-37)61-38-35(55)33(53)31(51)27(21-48)60-38/h10,25-38,48-55H,8-9,11-23H2,1-7H3,(H,47,56)/t25-,26-,27+,28+,29+,30+,31+,32-,33-,34+,35+,36-,37-,38-,41-,42-,43-,44+,45+,46-/m0/s1. The Morgan fingerprint density at radius 1 is 0.839 bits per heavy atom. The number of allylic oxidation sites excluding steroid dienone is 2. The maximum Gasteiger partial charge on any atom is 0.311 e. The van der Waals surface area contributed by atoms with Gasteiger partial charge in [0.05, 0.1) is 50.0 Å². The van der Waals surface area contributed by atoms with Crippen LogP contribution in [0.15, 0.2) is 11.6 Å². The topological polar surface area (TPSA) is 254 Å². The molecule has 354 valence electrons. The lowest BCUT2D eigenvalue weighted by Gasteiger charge is -2.72. The molecule has 7 aliphatic rings. The number of methoxy groups -OCH3 is 1. The van der Waals surface area contributed by atoms with E-state index in [1.807, 2.05) is 13.8 Å². The molecule has 62 heavy (non-hydrogen) atoms. The molecule has 0 aromatic rings. The van der Waals surface area contributed by atoms with Crippen molar-refractivity contribution >= 4 is 11.9 Å². The van der Waals surface area contributed by atoms with Crippen LogP contribution in [0.3, 0.4) is 0 Å². The van der Waals surface area contributed by atoms with Crippen LogP contribution in [0.1, 0.15) is 112 Å². The third-order valence-electron chi connectivity index (χ3n) is 18.3. The van der Waals surface area contributed by atoms with E-state index in [1.54, 1.807) is 0 Å². The quantitative estimate of drug-likeness (QED) is 0.0617. The van der Waals surface area contributed by atoms with Crippen molar-refractivity contribution in [1.29, 1.82) is 0 Å². The first-order valence-electron chi connectivity index (χ1n) is 23.1. The van der Waals surface area contributed by atoms with Gasteiger partial charge in [0, 0.05) is 12.0 Å². The lowest BCUT2D eigenvalue weighted by atomic mass is 9.33. The van der Waals surface area contributed by atoms with Gasteiger partial charge in [0.1, 0.15) is 42.7 Å². The zero-order valence-corrected chi connectivity index (χ0v) is 37.7. The number of esters is 1. The Labute approximate surface area is 365 Å². The smallest absolute Gasteiger partial charge is 0.311 e. The van der Waals surface area contributed by atoms with Gasteiger partial charge in [-0.3, -0.25) is 9.59 Å². The highest BCUT2D eigenvalue weighted by Gasteiger charge is 2.71. The van der Waals surface area contributed by atoms with Crippen molar-refractivity contribution in [2.24, 2.45) is 50.2 Å². The van der Waals surface area contributed by atoms with Gasteiger partial charge in [-0.15, -0.1) is 0 Å². The molecule has 16 heteroatoms. The van der Waals surface area contributed by atoms with E-state index in [-0.39, 0.29) is 53.7 Å². The van der Waals surface area contributed by atoms with Crippen LogP contribution in [-0.2, 0) is 33.3 Å². The van der Waals surface area contributed by atoms with Crippen LogP contribution >= 0.6 is 0 Å². The van der Waals surface area contributed by atoms with Crippen molar-refractivity contribution in [2.45, 2.75) is 180 Å². The molecule has 2 heterocycles. The Morgan fingerprint density at radius 2 is 1.53 bits per heavy atom. The average Bonchev–Trinajstić information content (AvgIpc) is 3.24. The number of rotatable bonds is 11. The molecule has 6 fully saturated rings. The van der Waals surface area contributed by atoms with Crippen LogP contribution in [0.4, 0.5) is 0 Å². The second-order valence-electron chi connectivity index (χ2n) is 21.4. The van der Waals surface area contributed by atoms with E-state index in [0.29, 0.717) is 45.1 Å². The Hall–Kier alpha value is -1.80. The minimum atomic E-state index is -1.72. The van der Waals surface area contributed by atoms with Crippen LogP contribution in [0, 0.1) is 50.2 Å². The molecular formula is C46H75NO15. The summed E-state index contributed by atoms with van der Waals surface area (Å²) in [7, 11) is 1.44. The predicted molar refractivity (Wildman–Crippen MR) is 221 cm³/mol. The number of carbonyl (C=O) groups is 2. The molecule has 0 aromatic carbocycles. The van der Waals surface area contributed by atoms with E-state index in [4.69, 9.17) is 23.7 Å². The number of carbonyl (C=O) groups excluding carboxylic acids is 2. The fourth-order valence-electron chi connectivity index (χ4n) is 14.4. The summed E-state index contributed by atoms with van der Waals surface area (Å²) >= 11 is 0. The minimum Gasteiger partial charge on any atom is -0.469 e. The second kappa shape index (κ2) is 17.4. The maximum atomic E-state index is 14.4. The predicted octanol–water partition coefficient (Wildman–Crippen LogP) is 1.45. The first-order chi connectivity index (χ1) is 29.2. The van der Waals surface area contributed by atoms with Crippen molar-refractivity contribution in [1.82, 2.24) is 5.32 Å². The van der Waals surface area contributed by atoms with Gasteiger partial charge in [-0.25, -0.2) is 0 Å². The summed E-state index contributed by atoms with van der Waals surface area (Å²) in [5.41, 5.74) is -2.10. The van der Waals surface area contributed by atoms with Crippen molar-refractivity contribution in [3.05, 3.63) is 11.6 Å². The number of aliphatic hydroxyl groups is 8. The van der Waals surface area contributed by atoms with E-state index in [0.717, 1.165) is 32.1 Å². The molecule has 9 N–H and O–H groups in total. The molecule has 16 nitrogen and oxygen atoms in total. The van der Waals surface area contributed by atoms with Gasteiger partial charge in [-0.2, -0.15) is 0 Å². The molecule has 20 atom stereocenters. The van der Waals surface area contributed by atoms with Gasteiger partial charge < -0.3 is 69.9 Å². The summed E-state index contributed by atoms with van der Waals surface area (Å²) in [6.07, 6.45) is -5.83. The van der Waals surface area contributed by atoms with E-state index >= 15 is 0 Å². The molecule has 2 saturated heterocycles. The lowest BCUT2D eigenvalue weighted by Crippen LogP contribution is -2.69. The van der Waals surface area contributed by atoms with E-state index in [2.05, 4.69) is 39.1 Å². The normalized spacial score (nSPS) is 51.4. The van der Waals surface area contributed by atoms with Crippen molar-refractivity contribution in [3.8, 4) is 0 Å². The molecule has 0 spiro atoms. The first kappa shape index (κ1) is 48.1. The van der Waals surface area contributed by atoms with Crippen LogP contribution in [0.2, 0.25) is 0 Å². The summed E-state index contributed by atoms with van der Waals surface area (Å²) in [5, 5.41) is 89.7. The summed E-state index contributed by atoms with van der Waals surface area (Å²) in [6.45, 7) is 12.3. The Kier molecular flexibility index (Phi) is 13.5. The van der Waals surface area contributed by atoms with Crippen LogP contribution in [-0.4, -0.2) is 154 Å². The number of fused-ring (bicyclic) bond motifs is 7. The number of nitrogens with one attached hydrogen (secondary N) is 1. The summed E-state index contributed by atoms with van der Waals surface area (Å²) < 4.78 is 28.8. The minimum absolute atomic E-state index is 0.0871. The zero-order valence-electron chi connectivity index (χ0n) is 37.7. The number of hydrogen-bond donors (Lipinski definition) is 9. The molecule has 5 aliphatic carbocycles. The van der Waals surface area contributed by atoms with Gasteiger partial charge in [-0.05, 0) is 105 Å². The molecule has 0 radical (unpaired) electrons. The largest absolute Gasteiger partial charge is 0.469 e. The summed E-state index contributed by atoms with van der Waals surface area (Å²) in [5.74, 6) is -0.325. The van der Waals surface area contributed by atoms with Gasteiger partial charge in [-0.1, -0.05) is 52.7 Å². The molecule has 4 saturated carbocycles. The number of amides is 1. The lowest BCUT2D eigenvalue weighted by molar-refractivity contribution is -0.357. The molecule has 1 amide bonds. The molecular weight excluding hydrogens is 806 g/mol. The number of unbranched alkanes of at least 4 members (excludes halogenated alkanes) is 1. The number of ether oxygens (including phenoxy) is 5. The third kappa shape index (κ3) is 7.33. The first-order valence-corrected chi connectivity index (χ1v) is 23.1. The maximum absolute atomic E-state index is 14.4. The average molecular weight is 882 g/mol. The highest BCUT2D eigenvalue weighted by molar-refractivity contribution is 5.85. The Bertz CT molecular complexity index is 1680.